The van der Waals surface area contributed by atoms with Gasteiger partial charge in [0.25, 0.3) is 0 Å². The number of rotatable bonds is 34. The first kappa shape index (κ1) is 134. The average molecular weight is 2090 g/mol. The molecular formula is C103H156N14O31. The van der Waals surface area contributed by atoms with Gasteiger partial charge in [-0.15, -0.1) is 0 Å². The molecule has 0 saturated heterocycles. The predicted octanol–water partition coefficient (Wildman–Crippen LogP) is 11.1. The first-order valence-corrected chi connectivity index (χ1v) is 46.7. The van der Waals surface area contributed by atoms with Gasteiger partial charge in [0.15, 0.2) is 0 Å². The van der Waals surface area contributed by atoms with Gasteiger partial charge in [-0.25, -0.2) is 79.0 Å². The molecule has 0 saturated carbocycles. The van der Waals surface area contributed by atoms with E-state index in [0.29, 0.717) is 31.6 Å². The van der Waals surface area contributed by atoms with E-state index in [-0.39, 0.29) is 45.3 Å². The second kappa shape index (κ2) is 65.3. The number of esters is 3. The smallest absolute Gasteiger partial charge is 0.422 e. The van der Waals surface area contributed by atoms with Crippen LogP contribution in [0.2, 0.25) is 0 Å². The monoisotopic (exact) mass is 2090 g/mol. The first-order chi connectivity index (χ1) is 68.3. The maximum Gasteiger partial charge on any atom is 0.422 e. The molecule has 0 spiro atoms. The van der Waals surface area contributed by atoms with Crippen molar-refractivity contribution in [3.63, 3.8) is 0 Å². The zero-order valence-electron chi connectivity index (χ0n) is 89.8. The highest BCUT2D eigenvalue weighted by atomic mass is 16.6. The van der Waals surface area contributed by atoms with Crippen LogP contribution in [0.25, 0.3) is 0 Å². The summed E-state index contributed by atoms with van der Waals surface area (Å²) >= 11 is 0. The largest absolute Gasteiger partial charge is 0.480 e. The molecule has 8 amide bonds. The lowest BCUT2D eigenvalue weighted by atomic mass is 10.0. The number of aldehydes is 1. The van der Waals surface area contributed by atoms with E-state index in [9.17, 15) is 82.1 Å². The molecule has 0 fully saturated rings. The van der Waals surface area contributed by atoms with E-state index in [1.165, 1.54) is 21.3 Å². The van der Waals surface area contributed by atoms with Crippen molar-refractivity contribution in [2.75, 3.05) is 21.3 Å². The molecule has 0 aliphatic heterocycles. The molecule has 45 nitrogen and oxygen atoms in total. The lowest BCUT2D eigenvalue weighted by Gasteiger charge is -2.22. The van der Waals surface area contributed by atoms with Crippen molar-refractivity contribution in [1.29, 1.82) is 0 Å². The van der Waals surface area contributed by atoms with Crippen LogP contribution in [0.4, 0.5) is 38.4 Å². The molecule has 6 atom stereocenters. The standard InChI is InChI=1S/C21H33N3O6.C20H31N3O6.C16H23NO5.C16H21NO5.C15H21NO5.C10H15N3O2.C5H12N2O2/c1-20(2,3)29-18(26)23-16(17(25)28-7)12-14-8-10-15(11-9-14)13-22-24-19(27)30-21(4,5)6;1-19(2,3)28-17(26)22-15(16(24)25)11-13-7-9-14(10-8-13)12-21-23-18(27)29-20(4,5)6;2*1-16(2,3)22-15(20)17-13(14(19)21-4)9-11-5-7-12(10-18)8-6-11;1-15(2,3)21-14(20)16-12(13(18)19)8-10-4-6-11(9-17)7-5-10;11-9(10(14)15)5-7-1-3-8(4-2-7)6-13-12;1-5(2,3)9-4(8)7-6/h8-11,16,22H,12-13H2,1-7H3,(H,23,26)(H,24,27);7-10,15,21H,11-12H2,1-6H3,(H,22,26)(H,23,27)(H,24,25);5-8,13,18H,9-10H2,1-4H3,(H,17,20);5-8,10,13H,9H2,1-4H3,(H,17,20);4-7,12,17H,8-9H2,1-3H3,(H,16,20)(H,18,19);1-4,9,13H,5-6,11-12H2,(H,14,15);6H2,1-3H3,(H,7,8). The maximum atomic E-state index is 12.0. The molecule has 6 unspecified atom stereocenters. The molecular weight excluding hydrogens is 1930 g/mol. The third-order valence-corrected chi connectivity index (χ3v) is 17.7. The second-order valence-corrected chi connectivity index (χ2v) is 40.7. The van der Waals surface area contributed by atoms with Crippen molar-refractivity contribution < 1.29 is 150 Å². The fourth-order valence-corrected chi connectivity index (χ4v) is 11.3. The number of hydrogen-bond acceptors (Lipinski definition) is 34. The minimum Gasteiger partial charge on any atom is -0.480 e. The van der Waals surface area contributed by atoms with Gasteiger partial charge < -0.3 is 110 Å². The van der Waals surface area contributed by atoms with E-state index < -0.39 is 166 Å². The number of carbonyl (C=O) groups excluding carboxylic acids is 12. The average Bonchev–Trinajstić information content (AvgIpc) is 0.881. The summed E-state index contributed by atoms with van der Waals surface area (Å²) in [4.78, 5) is 172. The highest BCUT2D eigenvalue weighted by molar-refractivity contribution is 5.85. The van der Waals surface area contributed by atoms with Crippen molar-refractivity contribution in [2.24, 2.45) is 17.4 Å². The van der Waals surface area contributed by atoms with Crippen LogP contribution in [0.3, 0.4) is 0 Å². The molecule has 824 valence electrons. The van der Waals surface area contributed by atoms with E-state index in [0.717, 1.165) is 67.5 Å². The Morgan fingerprint density at radius 3 is 0.669 bits per heavy atom. The number of ether oxygens (including phenoxy) is 11. The Balaban J connectivity index is 0.00000174. The molecule has 148 heavy (non-hydrogen) atoms. The van der Waals surface area contributed by atoms with Gasteiger partial charge in [-0.2, -0.15) is 0 Å². The number of aliphatic hydroxyl groups excluding tert-OH is 2. The molecule has 0 bridgehead atoms. The molecule has 6 aromatic carbocycles. The van der Waals surface area contributed by atoms with Crippen molar-refractivity contribution in [2.45, 2.75) is 319 Å². The lowest BCUT2D eigenvalue weighted by molar-refractivity contribution is -0.143. The van der Waals surface area contributed by atoms with Crippen LogP contribution in [0, 0.1) is 0 Å². The van der Waals surface area contributed by atoms with Crippen LogP contribution in [-0.4, -0.2) is 219 Å². The summed E-state index contributed by atoms with van der Waals surface area (Å²) in [6.07, 6.45) is -3.25. The van der Waals surface area contributed by atoms with Crippen molar-refractivity contribution in [1.82, 2.24) is 59.1 Å². The van der Waals surface area contributed by atoms with Crippen molar-refractivity contribution in [3.05, 3.63) is 212 Å². The Hall–Kier alpha value is -14.4. The van der Waals surface area contributed by atoms with Crippen LogP contribution >= 0.6 is 0 Å². The summed E-state index contributed by atoms with van der Waals surface area (Å²) in [6.45, 7) is 43.0. The Kier molecular flexibility index (Phi) is 59.0. The number of aliphatic hydroxyl groups is 2. The van der Waals surface area contributed by atoms with Gasteiger partial charge in [0, 0.05) is 57.3 Å². The van der Waals surface area contributed by atoms with Crippen LogP contribution < -0.4 is 76.6 Å². The highest BCUT2D eigenvalue weighted by Gasteiger charge is 2.32. The first-order valence-electron chi connectivity index (χ1n) is 46.7. The van der Waals surface area contributed by atoms with Crippen molar-refractivity contribution >= 4 is 90.8 Å². The number of hydrogen-bond donors (Lipinski definition) is 19. The van der Waals surface area contributed by atoms with E-state index >= 15 is 0 Å². The summed E-state index contributed by atoms with van der Waals surface area (Å²) in [6, 6.07) is 37.1. The van der Waals surface area contributed by atoms with Gasteiger partial charge in [0.05, 0.1) is 34.5 Å². The third-order valence-electron chi connectivity index (χ3n) is 17.7. The Morgan fingerprint density at radius 1 is 0.277 bits per heavy atom. The lowest BCUT2D eigenvalue weighted by Crippen LogP contribution is -2.45. The Bertz CT molecular complexity index is 5090. The molecule has 0 aliphatic rings. The van der Waals surface area contributed by atoms with Gasteiger partial charge in [0.2, 0.25) is 0 Å². The number of aliphatic carboxylic acids is 3. The van der Waals surface area contributed by atoms with Gasteiger partial charge >= 0.3 is 84.6 Å². The Labute approximate surface area is 865 Å². The molecule has 45 heteroatoms. The maximum absolute atomic E-state index is 12.0. The molecule has 0 radical (unpaired) electrons. The molecule has 0 aliphatic carbocycles. The summed E-state index contributed by atoms with van der Waals surface area (Å²) in [5.41, 5.74) is 25.0. The number of benzene rings is 6. The normalized spacial score (nSPS) is 12.4. The zero-order chi connectivity index (χ0) is 113. The van der Waals surface area contributed by atoms with E-state index in [1.54, 1.807) is 263 Å². The number of amides is 8. The quantitative estimate of drug-likeness (QED) is 0.00445. The fourth-order valence-electron chi connectivity index (χ4n) is 11.3. The fraction of sp³-hybridized carbons (Fsp3) is 0.505. The number of methoxy groups -OCH3 is 3. The number of alkyl carbamates (subject to hydrolysis) is 5. The topological polar surface area (TPSA) is 669 Å². The molecule has 22 N–H and O–H groups in total. The number of nitrogens with two attached hydrogens (primary N) is 3. The van der Waals surface area contributed by atoms with E-state index in [4.69, 9.17) is 84.8 Å². The van der Waals surface area contributed by atoms with Gasteiger partial charge in [-0.05, 0) is 234 Å². The Morgan fingerprint density at radius 2 is 0.473 bits per heavy atom. The van der Waals surface area contributed by atoms with Gasteiger partial charge in [-0.1, -0.05) is 146 Å². The minimum atomic E-state index is -1.15. The second-order valence-electron chi connectivity index (χ2n) is 40.7. The minimum absolute atomic E-state index is 0.0448. The summed E-state index contributed by atoms with van der Waals surface area (Å²) < 4.78 is 54.8. The van der Waals surface area contributed by atoms with Crippen LogP contribution in [0.1, 0.15) is 238 Å². The number of carboxylic acid groups (broad SMARTS) is 3. The summed E-state index contributed by atoms with van der Waals surface area (Å²) in [5, 5.41) is 57.4. The third kappa shape index (κ3) is 67.4. The summed E-state index contributed by atoms with van der Waals surface area (Å²) in [5.74, 6) is 4.99. The van der Waals surface area contributed by atoms with Gasteiger partial charge in [0.1, 0.15) is 87.3 Å². The van der Waals surface area contributed by atoms with Gasteiger partial charge in [-0.3, -0.25) is 37.1 Å². The van der Waals surface area contributed by atoms with E-state index in [2.05, 4.69) is 53.7 Å². The predicted molar refractivity (Wildman–Crippen MR) is 548 cm³/mol. The number of hydrazine groups is 4. The molecule has 6 rings (SSSR count). The van der Waals surface area contributed by atoms with Crippen LogP contribution in [-0.2, 0) is 152 Å². The van der Waals surface area contributed by atoms with Crippen molar-refractivity contribution in [3.8, 4) is 0 Å². The highest BCUT2D eigenvalue weighted by Crippen LogP contribution is 2.20. The summed E-state index contributed by atoms with van der Waals surface area (Å²) in [7, 11) is 3.78. The zero-order valence-corrected chi connectivity index (χ0v) is 89.8. The molecule has 0 heterocycles. The molecule has 0 aromatic heterocycles. The SMILES string of the molecule is CC(C)(C)OC(=O)NC(Cc1ccc(CO)cc1)C(=O)O.CC(C)(C)OC(=O)NN.CC(C)(C)OC(=O)NNCc1ccc(CC(NC(=O)OC(C)(C)C)C(=O)O)cc1.COC(=O)C(Cc1ccc(C=O)cc1)NC(=O)OC(C)(C)C.COC(=O)C(Cc1ccc(CNNC(=O)OC(C)(C)C)cc1)NC(=O)OC(C)(C)C.COC(=O)C(Cc1ccc(CO)cc1)NC(=O)OC(C)(C)C.NNCc1ccc(CC(N)C(=O)O)cc1. The molecule has 6 aromatic rings. The van der Waals surface area contributed by atoms with Crippen LogP contribution in [0.5, 0.6) is 0 Å². The number of carbonyl (C=O) groups is 15. The van der Waals surface area contributed by atoms with Crippen LogP contribution in [0.15, 0.2) is 146 Å². The number of nitrogens with one attached hydrogen (secondary N) is 11. The number of carboxylic acids is 3. The van der Waals surface area contributed by atoms with E-state index in [1.807, 2.05) is 54.0 Å².